The van der Waals surface area contributed by atoms with Gasteiger partial charge in [-0.3, -0.25) is 9.79 Å². The second-order valence-corrected chi connectivity index (χ2v) is 5.84. The molecule has 0 saturated heterocycles. The van der Waals surface area contributed by atoms with Crippen molar-refractivity contribution in [3.05, 3.63) is 65.5 Å². The number of halogens is 1. The van der Waals surface area contributed by atoms with E-state index in [1.807, 2.05) is 6.92 Å². The number of aliphatic imine (C=N–C) groups is 1. The van der Waals surface area contributed by atoms with E-state index in [1.54, 1.807) is 30.3 Å². The molecule has 144 valence electrons. The molecular formula is C20H25FN4O2. The molecule has 6 nitrogen and oxygen atoms in total. The van der Waals surface area contributed by atoms with Gasteiger partial charge in [-0.1, -0.05) is 24.3 Å². The number of benzene rings is 2. The Labute approximate surface area is 158 Å². The van der Waals surface area contributed by atoms with Gasteiger partial charge in [-0.05, 0) is 43.2 Å². The van der Waals surface area contributed by atoms with E-state index >= 15 is 0 Å². The van der Waals surface area contributed by atoms with Gasteiger partial charge in [0, 0.05) is 26.2 Å². The smallest absolute Gasteiger partial charge is 0.255 e. The summed E-state index contributed by atoms with van der Waals surface area (Å²) in [6, 6.07) is 12.8. The molecule has 0 heterocycles. The Morgan fingerprint density at radius 3 is 2.44 bits per heavy atom. The zero-order valence-corrected chi connectivity index (χ0v) is 15.3. The minimum atomic E-state index is -0.326. The molecular weight excluding hydrogens is 347 g/mol. The van der Waals surface area contributed by atoms with Crippen molar-refractivity contribution in [1.82, 2.24) is 16.0 Å². The fraction of sp³-hybridized carbons (Fsp3) is 0.300. The molecule has 0 aliphatic heterocycles. The lowest BCUT2D eigenvalue weighted by Crippen LogP contribution is -2.41. The molecule has 2 aromatic carbocycles. The molecule has 0 fully saturated rings. The standard InChI is InChI=1S/C20H25FN4O2/c1-2-22-20(24-12-11-15-7-9-16(21)10-8-15)25-14-13-23-19(27)17-5-3-4-6-18(17)26/h3-10,26H,2,11-14H2,1H3,(H,23,27)(H2,22,24,25). The lowest BCUT2D eigenvalue weighted by atomic mass is 10.1. The lowest BCUT2D eigenvalue weighted by molar-refractivity contribution is 0.0951. The van der Waals surface area contributed by atoms with Gasteiger partial charge in [-0.15, -0.1) is 0 Å². The van der Waals surface area contributed by atoms with Crippen LogP contribution >= 0.6 is 0 Å². The van der Waals surface area contributed by atoms with Gasteiger partial charge in [0.1, 0.15) is 11.6 Å². The quantitative estimate of drug-likeness (QED) is 0.325. The van der Waals surface area contributed by atoms with Crippen LogP contribution in [0.4, 0.5) is 4.39 Å². The first-order valence-corrected chi connectivity index (χ1v) is 8.93. The maximum absolute atomic E-state index is 12.9. The van der Waals surface area contributed by atoms with Crippen molar-refractivity contribution in [1.29, 1.82) is 0 Å². The number of guanidine groups is 1. The number of phenolic OH excluding ortho intramolecular Hbond substituents is 1. The maximum atomic E-state index is 12.9. The van der Waals surface area contributed by atoms with Crippen molar-refractivity contribution in [3.63, 3.8) is 0 Å². The fourth-order valence-electron chi connectivity index (χ4n) is 2.41. The average molecular weight is 372 g/mol. The topological polar surface area (TPSA) is 85.8 Å². The van der Waals surface area contributed by atoms with Crippen LogP contribution in [0.2, 0.25) is 0 Å². The number of hydrogen-bond donors (Lipinski definition) is 4. The highest BCUT2D eigenvalue weighted by molar-refractivity contribution is 5.96. The van der Waals surface area contributed by atoms with Gasteiger partial charge in [0.05, 0.1) is 5.56 Å². The van der Waals surface area contributed by atoms with Crippen LogP contribution in [0.25, 0.3) is 0 Å². The number of nitrogens with zero attached hydrogens (tertiary/aromatic N) is 1. The Kier molecular flexibility index (Phi) is 8.09. The number of rotatable bonds is 8. The number of carbonyl (C=O) groups excluding carboxylic acids is 1. The first-order valence-electron chi connectivity index (χ1n) is 8.93. The summed E-state index contributed by atoms with van der Waals surface area (Å²) in [5.41, 5.74) is 1.27. The molecule has 7 heteroatoms. The van der Waals surface area contributed by atoms with Gasteiger partial charge in [0.25, 0.3) is 5.91 Å². The first kappa shape index (κ1) is 20.2. The Morgan fingerprint density at radius 2 is 1.74 bits per heavy atom. The Hall–Kier alpha value is -3.09. The number of amides is 1. The van der Waals surface area contributed by atoms with E-state index in [4.69, 9.17) is 0 Å². The van der Waals surface area contributed by atoms with Crippen molar-refractivity contribution in [2.45, 2.75) is 13.3 Å². The third-order valence-electron chi connectivity index (χ3n) is 3.78. The third-order valence-corrected chi connectivity index (χ3v) is 3.78. The Balaban J connectivity index is 1.75. The summed E-state index contributed by atoms with van der Waals surface area (Å²) in [6.45, 7) is 4.12. The molecule has 0 aliphatic carbocycles. The van der Waals surface area contributed by atoms with Crippen LogP contribution in [0.5, 0.6) is 5.75 Å². The molecule has 27 heavy (non-hydrogen) atoms. The van der Waals surface area contributed by atoms with Crippen molar-refractivity contribution in [3.8, 4) is 5.75 Å². The van der Waals surface area contributed by atoms with Gasteiger partial charge in [0.2, 0.25) is 0 Å². The van der Waals surface area contributed by atoms with Gasteiger partial charge in [0.15, 0.2) is 5.96 Å². The molecule has 0 bridgehead atoms. The Morgan fingerprint density at radius 1 is 1.04 bits per heavy atom. The predicted octanol–water partition coefficient (Wildman–Crippen LogP) is 2.06. The van der Waals surface area contributed by atoms with E-state index < -0.39 is 0 Å². The van der Waals surface area contributed by atoms with Gasteiger partial charge in [-0.25, -0.2) is 4.39 Å². The molecule has 0 aromatic heterocycles. The molecule has 0 aliphatic rings. The molecule has 1 amide bonds. The van der Waals surface area contributed by atoms with E-state index in [2.05, 4.69) is 20.9 Å². The normalized spacial score (nSPS) is 11.1. The lowest BCUT2D eigenvalue weighted by Gasteiger charge is -2.12. The van der Waals surface area contributed by atoms with Crippen molar-refractivity contribution < 1.29 is 14.3 Å². The fourth-order valence-corrected chi connectivity index (χ4v) is 2.41. The highest BCUT2D eigenvalue weighted by Crippen LogP contribution is 2.14. The highest BCUT2D eigenvalue weighted by atomic mass is 19.1. The molecule has 0 saturated carbocycles. The van der Waals surface area contributed by atoms with Gasteiger partial charge < -0.3 is 21.1 Å². The third kappa shape index (κ3) is 6.97. The van der Waals surface area contributed by atoms with Gasteiger partial charge in [-0.2, -0.15) is 0 Å². The van der Waals surface area contributed by atoms with Crippen LogP contribution in [0.15, 0.2) is 53.5 Å². The van der Waals surface area contributed by atoms with Crippen LogP contribution in [-0.4, -0.2) is 43.2 Å². The number of para-hydroxylation sites is 1. The molecule has 0 radical (unpaired) electrons. The van der Waals surface area contributed by atoms with E-state index in [-0.39, 0.29) is 23.0 Å². The van der Waals surface area contributed by atoms with Crippen LogP contribution < -0.4 is 16.0 Å². The molecule has 0 unspecified atom stereocenters. The van der Waals surface area contributed by atoms with Gasteiger partial charge >= 0.3 is 0 Å². The van der Waals surface area contributed by atoms with E-state index in [0.29, 0.717) is 38.6 Å². The van der Waals surface area contributed by atoms with Crippen LogP contribution in [0.1, 0.15) is 22.8 Å². The molecule has 4 N–H and O–H groups in total. The molecule has 2 rings (SSSR count). The minimum absolute atomic E-state index is 0.0429. The summed E-state index contributed by atoms with van der Waals surface area (Å²) in [6.07, 6.45) is 0.709. The van der Waals surface area contributed by atoms with E-state index in [9.17, 15) is 14.3 Å². The van der Waals surface area contributed by atoms with Crippen LogP contribution in [0, 0.1) is 5.82 Å². The number of hydrogen-bond acceptors (Lipinski definition) is 3. The highest BCUT2D eigenvalue weighted by Gasteiger charge is 2.09. The maximum Gasteiger partial charge on any atom is 0.255 e. The minimum Gasteiger partial charge on any atom is -0.507 e. The summed E-state index contributed by atoms with van der Waals surface area (Å²) in [5, 5.41) is 18.7. The SMILES string of the molecule is CCNC(=NCCc1ccc(F)cc1)NCCNC(=O)c1ccccc1O. The molecule has 2 aromatic rings. The Bertz CT molecular complexity index is 763. The van der Waals surface area contributed by atoms with E-state index in [0.717, 1.165) is 5.56 Å². The van der Waals surface area contributed by atoms with Crippen LogP contribution in [-0.2, 0) is 6.42 Å². The number of nitrogens with one attached hydrogen (secondary N) is 3. The number of aromatic hydroxyl groups is 1. The monoisotopic (exact) mass is 372 g/mol. The largest absolute Gasteiger partial charge is 0.507 e. The molecule has 0 spiro atoms. The summed E-state index contributed by atoms with van der Waals surface area (Å²) in [4.78, 5) is 16.5. The average Bonchev–Trinajstić information content (AvgIpc) is 2.67. The number of phenols is 1. The summed E-state index contributed by atoms with van der Waals surface area (Å²) in [5.74, 6) is 0.0337. The second kappa shape index (κ2) is 10.8. The van der Waals surface area contributed by atoms with E-state index in [1.165, 1.54) is 18.2 Å². The van der Waals surface area contributed by atoms with Crippen molar-refractivity contribution >= 4 is 11.9 Å². The first-order chi connectivity index (χ1) is 13.1. The summed E-state index contributed by atoms with van der Waals surface area (Å²) < 4.78 is 12.9. The zero-order chi connectivity index (χ0) is 19.5. The summed E-state index contributed by atoms with van der Waals surface area (Å²) >= 11 is 0. The molecule has 0 atom stereocenters. The van der Waals surface area contributed by atoms with Crippen molar-refractivity contribution in [2.24, 2.45) is 4.99 Å². The van der Waals surface area contributed by atoms with Crippen LogP contribution in [0.3, 0.4) is 0 Å². The second-order valence-electron chi connectivity index (χ2n) is 5.84. The zero-order valence-electron chi connectivity index (χ0n) is 15.3. The predicted molar refractivity (Wildman–Crippen MR) is 105 cm³/mol. The van der Waals surface area contributed by atoms with Crippen molar-refractivity contribution in [2.75, 3.05) is 26.2 Å². The summed E-state index contributed by atoms with van der Waals surface area (Å²) in [7, 11) is 0. The number of carbonyl (C=O) groups is 1.